The number of amides is 1. The van der Waals surface area contributed by atoms with Gasteiger partial charge in [0.05, 0.1) is 24.1 Å². The van der Waals surface area contributed by atoms with E-state index < -0.39 is 16.0 Å². The second-order valence-corrected chi connectivity index (χ2v) is 8.09. The van der Waals surface area contributed by atoms with Crippen LogP contribution in [0.4, 0.5) is 11.4 Å². The fourth-order valence-electron chi connectivity index (χ4n) is 3.00. The molecule has 1 heterocycles. The number of hydrogen-bond donors (Lipinski definition) is 1. The first kappa shape index (κ1) is 18.9. The van der Waals surface area contributed by atoms with Crippen LogP contribution in [0.15, 0.2) is 42.5 Å². The summed E-state index contributed by atoms with van der Waals surface area (Å²) in [6.07, 6.45) is 1.72. The Hall–Kier alpha value is -2.87. The Morgan fingerprint density at radius 2 is 1.93 bits per heavy atom. The maximum Gasteiger partial charge on any atom is 0.338 e. The lowest BCUT2D eigenvalue weighted by Crippen LogP contribution is -2.27. The molecule has 0 aromatic heterocycles. The molecule has 3 rings (SSSR count). The topological polar surface area (TPSA) is 92.8 Å². The molecule has 0 atom stereocenters. The van der Waals surface area contributed by atoms with E-state index in [1.807, 2.05) is 0 Å². The van der Waals surface area contributed by atoms with E-state index in [4.69, 9.17) is 4.74 Å². The van der Waals surface area contributed by atoms with Crippen LogP contribution in [0.2, 0.25) is 0 Å². The van der Waals surface area contributed by atoms with Crippen LogP contribution in [-0.2, 0) is 21.2 Å². The molecule has 0 saturated heterocycles. The summed E-state index contributed by atoms with van der Waals surface area (Å²) < 4.78 is 29.9. The second-order valence-electron chi connectivity index (χ2n) is 6.18. The van der Waals surface area contributed by atoms with Gasteiger partial charge in [-0.05, 0) is 55.3 Å². The molecule has 0 unspecified atom stereocenters. The first-order chi connectivity index (χ1) is 12.8. The molecule has 0 aliphatic carbocycles. The zero-order valence-electron chi connectivity index (χ0n) is 15.1. The maximum absolute atomic E-state index is 12.5. The first-order valence-electron chi connectivity index (χ1n) is 8.49. The predicted octanol–water partition coefficient (Wildman–Crippen LogP) is 2.44. The minimum Gasteiger partial charge on any atom is -0.462 e. The van der Waals surface area contributed by atoms with Crippen LogP contribution in [0, 0.1) is 0 Å². The fourth-order valence-corrected chi connectivity index (χ4v) is 3.96. The van der Waals surface area contributed by atoms with Crippen molar-refractivity contribution in [2.75, 3.05) is 29.0 Å². The number of hydrogen-bond acceptors (Lipinski definition) is 5. The number of nitrogens with zero attached hydrogens (tertiary/aromatic N) is 1. The van der Waals surface area contributed by atoms with Gasteiger partial charge in [0.25, 0.3) is 5.91 Å². The van der Waals surface area contributed by atoms with Crippen LogP contribution in [0.5, 0.6) is 0 Å². The Balaban J connectivity index is 1.78. The zero-order valence-corrected chi connectivity index (χ0v) is 15.9. The van der Waals surface area contributed by atoms with Crippen molar-refractivity contribution in [2.24, 2.45) is 0 Å². The van der Waals surface area contributed by atoms with Crippen molar-refractivity contribution in [1.82, 2.24) is 0 Å². The molecule has 0 radical (unpaired) electrons. The molecular formula is C19H20N2O5S. The van der Waals surface area contributed by atoms with Crippen molar-refractivity contribution < 1.29 is 22.7 Å². The second kappa shape index (κ2) is 7.40. The number of fused-ring (bicyclic) bond motifs is 1. The number of sulfonamides is 1. The van der Waals surface area contributed by atoms with Gasteiger partial charge in [0.2, 0.25) is 10.0 Å². The van der Waals surface area contributed by atoms with Crippen molar-refractivity contribution >= 4 is 33.3 Å². The molecule has 27 heavy (non-hydrogen) atoms. The van der Waals surface area contributed by atoms with E-state index in [2.05, 4.69) is 5.32 Å². The van der Waals surface area contributed by atoms with Crippen molar-refractivity contribution in [2.45, 2.75) is 13.3 Å². The number of benzene rings is 2. The van der Waals surface area contributed by atoms with Crippen LogP contribution in [0.1, 0.15) is 33.2 Å². The molecule has 8 heteroatoms. The van der Waals surface area contributed by atoms with E-state index in [9.17, 15) is 18.0 Å². The molecule has 1 N–H and O–H groups in total. The third kappa shape index (κ3) is 4.11. The van der Waals surface area contributed by atoms with Gasteiger partial charge in [-0.3, -0.25) is 9.10 Å². The summed E-state index contributed by atoms with van der Waals surface area (Å²) in [4.78, 5) is 24.3. The predicted molar refractivity (Wildman–Crippen MR) is 103 cm³/mol. The monoisotopic (exact) mass is 388 g/mol. The number of esters is 1. The molecule has 0 saturated carbocycles. The van der Waals surface area contributed by atoms with Gasteiger partial charge in [0.1, 0.15) is 0 Å². The van der Waals surface area contributed by atoms with Gasteiger partial charge in [0, 0.05) is 17.8 Å². The summed E-state index contributed by atoms with van der Waals surface area (Å²) >= 11 is 0. The molecule has 2 aromatic carbocycles. The molecule has 142 valence electrons. The van der Waals surface area contributed by atoms with Gasteiger partial charge in [0.15, 0.2) is 0 Å². The van der Waals surface area contributed by atoms with Crippen LogP contribution >= 0.6 is 0 Å². The number of carbonyl (C=O) groups is 2. The summed E-state index contributed by atoms with van der Waals surface area (Å²) in [7, 11) is -3.33. The van der Waals surface area contributed by atoms with Crippen molar-refractivity contribution in [3.05, 3.63) is 59.2 Å². The Kier molecular flexibility index (Phi) is 5.18. The number of nitrogens with one attached hydrogen (secondary N) is 1. The summed E-state index contributed by atoms with van der Waals surface area (Å²) in [5.74, 6) is -0.788. The maximum atomic E-state index is 12.5. The SMILES string of the molecule is CCOC(=O)c1cccc(NC(=O)c2ccc3c(c2)CCN3S(C)(=O)=O)c1. The van der Waals surface area contributed by atoms with Crippen LogP contribution in [0.3, 0.4) is 0 Å². The highest BCUT2D eigenvalue weighted by atomic mass is 32.2. The molecule has 2 aromatic rings. The van der Waals surface area contributed by atoms with Gasteiger partial charge in [-0.2, -0.15) is 0 Å². The zero-order chi connectivity index (χ0) is 19.6. The van der Waals surface area contributed by atoms with E-state index >= 15 is 0 Å². The summed E-state index contributed by atoms with van der Waals surface area (Å²) in [5.41, 5.74) is 2.67. The molecular weight excluding hydrogens is 368 g/mol. The van der Waals surface area contributed by atoms with Crippen LogP contribution in [-0.4, -0.2) is 39.7 Å². The average Bonchev–Trinajstić information content (AvgIpc) is 3.05. The van der Waals surface area contributed by atoms with Gasteiger partial charge in [-0.25, -0.2) is 13.2 Å². The Morgan fingerprint density at radius 3 is 2.63 bits per heavy atom. The highest BCUT2D eigenvalue weighted by molar-refractivity contribution is 7.92. The lowest BCUT2D eigenvalue weighted by Gasteiger charge is -2.16. The van der Waals surface area contributed by atoms with Gasteiger partial charge in [-0.1, -0.05) is 6.07 Å². The van der Waals surface area contributed by atoms with Crippen LogP contribution < -0.4 is 9.62 Å². The normalized spacial score (nSPS) is 13.2. The average molecular weight is 388 g/mol. The summed E-state index contributed by atoms with van der Waals surface area (Å²) in [6.45, 7) is 2.37. The third-order valence-corrected chi connectivity index (χ3v) is 5.41. The van der Waals surface area contributed by atoms with Crippen molar-refractivity contribution in [3.63, 3.8) is 0 Å². The van der Waals surface area contributed by atoms with Crippen LogP contribution in [0.25, 0.3) is 0 Å². The van der Waals surface area contributed by atoms with E-state index in [1.165, 1.54) is 10.6 Å². The van der Waals surface area contributed by atoms with Gasteiger partial charge in [-0.15, -0.1) is 0 Å². The quantitative estimate of drug-likeness (QED) is 0.794. The largest absolute Gasteiger partial charge is 0.462 e. The molecule has 1 aliphatic rings. The molecule has 0 bridgehead atoms. The first-order valence-corrected chi connectivity index (χ1v) is 10.3. The van der Waals surface area contributed by atoms with Gasteiger partial charge < -0.3 is 10.1 Å². The van der Waals surface area contributed by atoms with Gasteiger partial charge >= 0.3 is 5.97 Å². The Labute approximate surface area is 158 Å². The highest BCUT2D eigenvalue weighted by Crippen LogP contribution is 2.30. The molecule has 0 spiro atoms. The molecule has 1 amide bonds. The standard InChI is InChI=1S/C19H20N2O5S/c1-3-26-19(23)15-5-4-6-16(12-15)20-18(22)14-7-8-17-13(11-14)9-10-21(17)27(2,24)25/h4-8,11-12H,3,9-10H2,1-2H3,(H,20,22). The molecule has 1 aliphatic heterocycles. The fraction of sp³-hybridized carbons (Fsp3) is 0.263. The van der Waals surface area contributed by atoms with Crippen molar-refractivity contribution in [3.8, 4) is 0 Å². The minimum atomic E-state index is -3.33. The van der Waals surface area contributed by atoms with E-state index in [0.717, 1.165) is 5.56 Å². The minimum absolute atomic E-state index is 0.273. The van der Waals surface area contributed by atoms with E-state index in [0.29, 0.717) is 35.5 Å². The smallest absolute Gasteiger partial charge is 0.338 e. The summed E-state index contributed by atoms with van der Waals surface area (Å²) in [5, 5.41) is 2.75. The Bertz CT molecular complexity index is 1000. The number of anilines is 2. The number of rotatable bonds is 5. The number of ether oxygens (including phenoxy) is 1. The number of carbonyl (C=O) groups excluding carboxylic acids is 2. The lowest BCUT2D eigenvalue weighted by atomic mass is 10.1. The molecule has 7 nitrogen and oxygen atoms in total. The lowest BCUT2D eigenvalue weighted by molar-refractivity contribution is 0.0526. The molecule has 0 fully saturated rings. The third-order valence-electron chi connectivity index (χ3n) is 4.23. The highest BCUT2D eigenvalue weighted by Gasteiger charge is 2.26. The summed E-state index contributed by atoms with van der Waals surface area (Å²) in [6, 6.07) is 11.4. The van der Waals surface area contributed by atoms with Crippen molar-refractivity contribution in [1.29, 1.82) is 0 Å². The Morgan fingerprint density at radius 1 is 1.15 bits per heavy atom. The van der Waals surface area contributed by atoms with E-state index in [1.54, 1.807) is 49.4 Å². The van der Waals surface area contributed by atoms with E-state index in [-0.39, 0.29) is 12.5 Å².